The van der Waals surface area contributed by atoms with Gasteiger partial charge in [-0.25, -0.2) is 0 Å². The Kier molecular flexibility index (Phi) is 4.57. The fraction of sp³-hybridized carbons (Fsp3) is 0. The zero-order valence-electron chi connectivity index (χ0n) is 35.1. The van der Waals surface area contributed by atoms with Gasteiger partial charge in [-0.15, -0.1) is 0 Å². The van der Waals surface area contributed by atoms with Crippen LogP contribution in [0.25, 0.3) is 109 Å². The lowest BCUT2D eigenvalue weighted by atomic mass is 9.83. The molecule has 11 aromatic rings. The van der Waals surface area contributed by atoms with E-state index in [1.165, 1.54) is 0 Å². The van der Waals surface area contributed by atoms with Crippen LogP contribution in [0, 0.1) is 0 Å². The van der Waals surface area contributed by atoms with Crippen LogP contribution in [-0.2, 0) is 0 Å². The van der Waals surface area contributed by atoms with E-state index in [4.69, 9.17) is 9.90 Å². The Morgan fingerprint density at radius 1 is 0.373 bits per heavy atom. The fourth-order valence-corrected chi connectivity index (χ4v) is 8.07. The summed E-state index contributed by atoms with van der Waals surface area (Å²) in [6, 6.07) is 40.7. The summed E-state index contributed by atoms with van der Waals surface area (Å²) < 4.78 is 79.9. The molecule has 0 radical (unpaired) electrons. The minimum absolute atomic E-state index is 0.187. The SMILES string of the molecule is [2H]c1c([2H])c([2H])c2c(-c3cccc4cc(-c5cccc6c5oc5ccc7ccccc7c56)ccc34)c3c([2H])c([2H])c([2H])c([2H])c3c(-c3cccc4ccccc34)c2c1[2H]. The van der Waals surface area contributed by atoms with Gasteiger partial charge in [-0.05, 0) is 93.8 Å². The zero-order valence-corrected chi connectivity index (χ0v) is 27.1. The van der Waals surface area contributed by atoms with Crippen molar-refractivity contribution in [2.75, 3.05) is 0 Å². The standard InChI is InChI=1S/C50H30O/c1-3-16-35-31(12-1)14-9-23-39(35)47-41-18-5-7-20-43(41)48(44-21-8-6-19-42(44)47)40-24-10-15-33-30-34(26-28-36(33)40)38-22-11-25-45-49-37-17-4-2-13-32(37)27-29-46(49)51-50(38)45/h1-30H/i5D,6D,7D,8D,18D,19D,20D,21D. The third-order valence-electron chi connectivity index (χ3n) is 10.3. The Morgan fingerprint density at radius 2 is 0.882 bits per heavy atom. The zero-order chi connectivity index (χ0) is 40.4. The van der Waals surface area contributed by atoms with E-state index >= 15 is 0 Å². The van der Waals surface area contributed by atoms with Crippen LogP contribution in [0.4, 0.5) is 0 Å². The molecule has 0 atom stereocenters. The van der Waals surface area contributed by atoms with Gasteiger partial charge in [0.05, 0.1) is 11.0 Å². The van der Waals surface area contributed by atoms with Gasteiger partial charge in [0.25, 0.3) is 0 Å². The number of benzene rings is 10. The summed E-state index contributed by atoms with van der Waals surface area (Å²) in [6.07, 6.45) is 0. The van der Waals surface area contributed by atoms with Crippen molar-refractivity contribution in [3.05, 3.63) is 182 Å². The monoisotopic (exact) mass is 654 g/mol. The first-order valence-corrected chi connectivity index (χ1v) is 16.9. The predicted octanol–water partition coefficient (Wildman–Crippen LogP) is 14.4. The van der Waals surface area contributed by atoms with Gasteiger partial charge in [0.2, 0.25) is 0 Å². The van der Waals surface area contributed by atoms with Gasteiger partial charge in [0.15, 0.2) is 0 Å². The maximum absolute atomic E-state index is 9.47. The maximum Gasteiger partial charge on any atom is 0.143 e. The van der Waals surface area contributed by atoms with Crippen LogP contribution in [0.1, 0.15) is 11.0 Å². The number of hydrogen-bond donors (Lipinski definition) is 0. The molecular weight excluding hydrogens is 617 g/mol. The average molecular weight is 655 g/mol. The molecule has 1 heterocycles. The molecule has 0 saturated heterocycles. The first-order chi connectivity index (χ1) is 28.6. The van der Waals surface area contributed by atoms with Crippen molar-refractivity contribution in [1.82, 2.24) is 0 Å². The van der Waals surface area contributed by atoms with Gasteiger partial charge >= 0.3 is 0 Å². The minimum Gasteiger partial charge on any atom is -0.455 e. The van der Waals surface area contributed by atoms with E-state index in [-0.39, 0.29) is 45.7 Å². The molecule has 10 aromatic carbocycles. The Labute approximate surface area is 305 Å². The summed E-state index contributed by atoms with van der Waals surface area (Å²) >= 11 is 0. The minimum atomic E-state index is -0.429. The summed E-state index contributed by atoms with van der Waals surface area (Å²) in [5, 5.41) is 8.33. The van der Waals surface area contributed by atoms with Gasteiger partial charge < -0.3 is 4.42 Å². The molecular formula is C50H30O. The highest BCUT2D eigenvalue weighted by atomic mass is 16.3. The van der Waals surface area contributed by atoms with Crippen LogP contribution in [0.5, 0.6) is 0 Å². The van der Waals surface area contributed by atoms with Crippen molar-refractivity contribution in [3.8, 4) is 33.4 Å². The summed E-state index contributed by atoms with van der Waals surface area (Å²) in [5.74, 6) is 0. The van der Waals surface area contributed by atoms with E-state index < -0.39 is 24.2 Å². The van der Waals surface area contributed by atoms with E-state index in [0.29, 0.717) is 22.3 Å². The summed E-state index contributed by atoms with van der Waals surface area (Å²) in [4.78, 5) is 0. The molecule has 0 aliphatic rings. The van der Waals surface area contributed by atoms with Gasteiger partial charge in [-0.2, -0.15) is 0 Å². The van der Waals surface area contributed by atoms with Gasteiger partial charge in [-0.1, -0.05) is 170 Å². The van der Waals surface area contributed by atoms with Gasteiger partial charge in [0.1, 0.15) is 11.2 Å². The molecule has 11 rings (SSSR count). The van der Waals surface area contributed by atoms with E-state index in [1.54, 1.807) is 0 Å². The van der Waals surface area contributed by atoms with Crippen molar-refractivity contribution < 1.29 is 15.4 Å². The van der Waals surface area contributed by atoms with Crippen LogP contribution >= 0.6 is 0 Å². The second-order valence-electron chi connectivity index (χ2n) is 13.0. The third kappa shape index (κ3) is 4.16. The summed E-state index contributed by atoms with van der Waals surface area (Å²) in [7, 11) is 0. The topological polar surface area (TPSA) is 13.1 Å². The molecule has 0 amide bonds. The molecule has 236 valence electrons. The normalized spacial score (nSPS) is 14.1. The van der Waals surface area contributed by atoms with E-state index in [1.807, 2.05) is 103 Å². The van der Waals surface area contributed by atoms with E-state index in [9.17, 15) is 5.48 Å². The fourth-order valence-electron chi connectivity index (χ4n) is 8.07. The molecule has 0 fully saturated rings. The molecule has 1 nitrogen and oxygen atoms in total. The van der Waals surface area contributed by atoms with Gasteiger partial charge in [-0.3, -0.25) is 0 Å². The van der Waals surface area contributed by atoms with E-state index in [2.05, 4.69) is 30.3 Å². The quantitative estimate of drug-likeness (QED) is 0.173. The van der Waals surface area contributed by atoms with Crippen LogP contribution in [0.3, 0.4) is 0 Å². The Balaban J connectivity index is 1.25. The molecule has 0 bridgehead atoms. The maximum atomic E-state index is 9.47. The van der Waals surface area contributed by atoms with Crippen molar-refractivity contribution in [1.29, 1.82) is 0 Å². The first kappa shape index (κ1) is 21.4. The lowest BCUT2D eigenvalue weighted by Crippen LogP contribution is -1.92. The number of para-hydroxylation sites is 1. The number of hydrogen-bond acceptors (Lipinski definition) is 1. The Bertz CT molecular complexity index is 3580. The highest BCUT2D eigenvalue weighted by molar-refractivity contribution is 6.25. The van der Waals surface area contributed by atoms with Crippen molar-refractivity contribution in [2.24, 2.45) is 0 Å². The summed E-state index contributed by atoms with van der Waals surface area (Å²) in [5.41, 5.74) is 5.23. The first-order valence-electron chi connectivity index (χ1n) is 20.9. The van der Waals surface area contributed by atoms with Crippen molar-refractivity contribution in [3.63, 3.8) is 0 Å². The smallest absolute Gasteiger partial charge is 0.143 e. The molecule has 0 aliphatic carbocycles. The molecule has 0 N–H and O–H groups in total. The molecule has 0 unspecified atom stereocenters. The highest BCUT2D eigenvalue weighted by Crippen LogP contribution is 2.47. The van der Waals surface area contributed by atoms with Crippen LogP contribution in [0.2, 0.25) is 0 Å². The van der Waals surface area contributed by atoms with E-state index in [0.717, 1.165) is 65.4 Å². The van der Waals surface area contributed by atoms with Crippen LogP contribution in [0.15, 0.2) is 186 Å². The molecule has 0 saturated carbocycles. The lowest BCUT2D eigenvalue weighted by molar-refractivity contribution is 0.670. The number of rotatable bonds is 3. The average Bonchev–Trinajstić information content (AvgIpc) is 3.67. The largest absolute Gasteiger partial charge is 0.455 e. The second kappa shape index (κ2) is 10.9. The summed E-state index contributed by atoms with van der Waals surface area (Å²) in [6.45, 7) is 0. The lowest BCUT2D eigenvalue weighted by Gasteiger charge is -2.19. The molecule has 1 heteroatoms. The molecule has 51 heavy (non-hydrogen) atoms. The highest BCUT2D eigenvalue weighted by Gasteiger charge is 2.20. The number of furan rings is 1. The Morgan fingerprint density at radius 3 is 1.57 bits per heavy atom. The third-order valence-corrected chi connectivity index (χ3v) is 10.3. The Hall–Kier alpha value is -6.70. The number of fused-ring (bicyclic) bond motifs is 9. The molecule has 0 aliphatic heterocycles. The predicted molar refractivity (Wildman–Crippen MR) is 218 cm³/mol. The van der Waals surface area contributed by atoms with Crippen LogP contribution < -0.4 is 0 Å². The molecule has 0 spiro atoms. The van der Waals surface area contributed by atoms with Crippen LogP contribution in [-0.4, -0.2) is 0 Å². The second-order valence-corrected chi connectivity index (χ2v) is 13.0. The molecule has 1 aromatic heterocycles. The van der Waals surface area contributed by atoms with Crippen molar-refractivity contribution in [2.45, 2.75) is 0 Å². The van der Waals surface area contributed by atoms with Crippen molar-refractivity contribution >= 4 is 75.8 Å². The van der Waals surface area contributed by atoms with Gasteiger partial charge in [0, 0.05) is 16.3 Å².